The molecule has 1 amide bonds. The lowest BCUT2D eigenvalue weighted by Crippen LogP contribution is -2.51. The number of nitrogens with one attached hydrogen (secondary N) is 1. The number of carbonyl (C=O) groups is 1. The van der Waals surface area contributed by atoms with Gasteiger partial charge in [-0.15, -0.1) is 0 Å². The van der Waals surface area contributed by atoms with Crippen LogP contribution in [-0.2, 0) is 11.2 Å². The predicted molar refractivity (Wildman–Crippen MR) is 114 cm³/mol. The molecule has 1 aliphatic heterocycles. The maximum Gasteiger partial charge on any atom is 0.234 e. The van der Waals surface area contributed by atoms with Crippen LogP contribution in [0.2, 0.25) is 0 Å². The Kier molecular flexibility index (Phi) is 8.62. The van der Waals surface area contributed by atoms with Crippen LogP contribution in [-0.4, -0.2) is 79.3 Å². The van der Waals surface area contributed by atoms with E-state index in [1.54, 1.807) is 18.2 Å². The molecule has 0 bridgehead atoms. The van der Waals surface area contributed by atoms with Crippen LogP contribution in [0, 0.1) is 5.82 Å². The third-order valence-electron chi connectivity index (χ3n) is 5.15. The van der Waals surface area contributed by atoms with Crippen molar-refractivity contribution in [1.29, 1.82) is 0 Å². The summed E-state index contributed by atoms with van der Waals surface area (Å²) in [5, 5.41) is 13.2. The van der Waals surface area contributed by atoms with Gasteiger partial charge in [-0.25, -0.2) is 4.39 Å². The molecule has 2 N–H and O–H groups in total. The van der Waals surface area contributed by atoms with Crippen LogP contribution in [0.3, 0.4) is 0 Å². The highest BCUT2D eigenvalue weighted by Gasteiger charge is 2.21. The second-order valence-electron chi connectivity index (χ2n) is 7.56. The summed E-state index contributed by atoms with van der Waals surface area (Å²) in [6.45, 7) is 4.62. The van der Waals surface area contributed by atoms with Crippen molar-refractivity contribution in [2.75, 3.05) is 52.4 Å². The molecule has 2 aromatic rings. The standard InChI is InChI=1S/C23H30FN3O3/c24-21-8-4-5-9-22(21)30-18-20(28)16-26-12-14-27(15-13-26)17-23(29)25-11-10-19-6-2-1-3-7-19/h1-9,20,28H,10-18H2,(H,25,29). The van der Waals surface area contributed by atoms with Gasteiger partial charge in [0.15, 0.2) is 11.6 Å². The first-order valence-electron chi connectivity index (χ1n) is 10.4. The number of amides is 1. The minimum absolute atomic E-state index is 0.0395. The van der Waals surface area contributed by atoms with Crippen molar-refractivity contribution in [2.24, 2.45) is 0 Å². The average Bonchev–Trinajstić information content (AvgIpc) is 2.75. The van der Waals surface area contributed by atoms with Gasteiger partial charge in [0.1, 0.15) is 12.7 Å². The number of rotatable bonds is 10. The fraction of sp³-hybridized carbons (Fsp3) is 0.435. The summed E-state index contributed by atoms with van der Waals surface area (Å²) in [6.07, 6.45) is 0.130. The smallest absolute Gasteiger partial charge is 0.234 e. The van der Waals surface area contributed by atoms with Crippen LogP contribution in [0.5, 0.6) is 5.75 Å². The van der Waals surface area contributed by atoms with Gasteiger partial charge in [0, 0.05) is 39.3 Å². The lowest BCUT2D eigenvalue weighted by Gasteiger charge is -2.35. The molecule has 162 valence electrons. The number of hydrogen-bond acceptors (Lipinski definition) is 5. The monoisotopic (exact) mass is 415 g/mol. The molecule has 0 saturated carbocycles. The Morgan fingerprint density at radius 3 is 2.43 bits per heavy atom. The molecule has 6 nitrogen and oxygen atoms in total. The SMILES string of the molecule is O=C(CN1CCN(CC(O)COc2ccccc2F)CC1)NCCc1ccccc1. The lowest BCUT2D eigenvalue weighted by molar-refractivity contribution is -0.122. The zero-order valence-corrected chi connectivity index (χ0v) is 17.2. The van der Waals surface area contributed by atoms with Gasteiger partial charge in [0.05, 0.1) is 6.54 Å². The first-order valence-corrected chi connectivity index (χ1v) is 10.4. The largest absolute Gasteiger partial charge is 0.488 e. The van der Waals surface area contributed by atoms with Gasteiger partial charge in [-0.1, -0.05) is 42.5 Å². The van der Waals surface area contributed by atoms with Gasteiger partial charge in [0.2, 0.25) is 5.91 Å². The summed E-state index contributed by atoms with van der Waals surface area (Å²) in [5.74, 6) is -0.238. The van der Waals surface area contributed by atoms with Crippen LogP contribution >= 0.6 is 0 Å². The number of carbonyl (C=O) groups excluding carboxylic acids is 1. The first-order chi connectivity index (χ1) is 14.6. The lowest BCUT2D eigenvalue weighted by atomic mass is 10.1. The van der Waals surface area contributed by atoms with E-state index >= 15 is 0 Å². The maximum atomic E-state index is 13.6. The van der Waals surface area contributed by atoms with Crippen molar-refractivity contribution in [1.82, 2.24) is 15.1 Å². The topological polar surface area (TPSA) is 65.0 Å². The Labute approximate surface area is 177 Å². The molecular weight excluding hydrogens is 385 g/mol. The van der Waals surface area contributed by atoms with Crippen LogP contribution in [0.4, 0.5) is 4.39 Å². The Bertz CT molecular complexity index is 782. The summed E-state index contributed by atoms with van der Waals surface area (Å²) in [4.78, 5) is 16.4. The normalized spacial score (nSPS) is 16.2. The molecule has 1 fully saturated rings. The van der Waals surface area contributed by atoms with Crippen molar-refractivity contribution in [3.63, 3.8) is 0 Å². The number of aliphatic hydroxyl groups is 1. The van der Waals surface area contributed by atoms with E-state index in [0.717, 1.165) is 32.6 Å². The number of nitrogens with zero attached hydrogens (tertiary/aromatic N) is 2. The molecule has 1 aliphatic rings. The Balaban J connectivity index is 1.28. The van der Waals surface area contributed by atoms with E-state index in [2.05, 4.69) is 27.2 Å². The third-order valence-corrected chi connectivity index (χ3v) is 5.15. The molecule has 3 rings (SSSR count). The van der Waals surface area contributed by atoms with E-state index in [9.17, 15) is 14.3 Å². The van der Waals surface area contributed by atoms with Crippen LogP contribution in [0.1, 0.15) is 5.56 Å². The van der Waals surface area contributed by atoms with Crippen molar-refractivity contribution in [3.8, 4) is 5.75 Å². The van der Waals surface area contributed by atoms with Gasteiger partial charge in [-0.3, -0.25) is 14.6 Å². The quantitative estimate of drug-likeness (QED) is 0.616. The van der Waals surface area contributed by atoms with E-state index in [0.29, 0.717) is 19.6 Å². The van der Waals surface area contributed by atoms with Crippen molar-refractivity contribution in [3.05, 3.63) is 66.0 Å². The molecule has 0 spiro atoms. The highest BCUT2D eigenvalue weighted by atomic mass is 19.1. The average molecular weight is 416 g/mol. The molecule has 2 aromatic carbocycles. The molecular formula is C23H30FN3O3. The van der Waals surface area contributed by atoms with Gasteiger partial charge in [-0.05, 0) is 24.1 Å². The number of ether oxygens (including phenoxy) is 1. The van der Waals surface area contributed by atoms with Gasteiger partial charge in [0.25, 0.3) is 0 Å². The number of para-hydroxylation sites is 1. The molecule has 1 saturated heterocycles. The highest BCUT2D eigenvalue weighted by molar-refractivity contribution is 5.78. The molecule has 0 radical (unpaired) electrons. The number of hydrogen-bond donors (Lipinski definition) is 2. The molecule has 7 heteroatoms. The molecule has 1 atom stereocenters. The summed E-state index contributed by atoms with van der Waals surface area (Å²) >= 11 is 0. The Morgan fingerprint density at radius 2 is 1.70 bits per heavy atom. The maximum absolute atomic E-state index is 13.6. The van der Waals surface area contributed by atoms with Crippen molar-refractivity contribution >= 4 is 5.91 Å². The van der Waals surface area contributed by atoms with E-state index in [1.165, 1.54) is 11.6 Å². The van der Waals surface area contributed by atoms with Crippen molar-refractivity contribution < 1.29 is 19.0 Å². The van der Waals surface area contributed by atoms with Gasteiger partial charge in [-0.2, -0.15) is 0 Å². The van der Waals surface area contributed by atoms with Gasteiger partial charge < -0.3 is 15.2 Å². The van der Waals surface area contributed by atoms with Crippen molar-refractivity contribution in [2.45, 2.75) is 12.5 Å². The second kappa shape index (κ2) is 11.6. The first kappa shape index (κ1) is 22.2. The van der Waals surface area contributed by atoms with E-state index < -0.39 is 11.9 Å². The van der Waals surface area contributed by atoms with E-state index in [-0.39, 0.29) is 18.3 Å². The minimum atomic E-state index is -0.697. The number of β-amino-alcohol motifs (C(OH)–C–C–N with tert-alkyl or cyclic N) is 1. The van der Waals surface area contributed by atoms with Gasteiger partial charge >= 0.3 is 0 Å². The number of aliphatic hydroxyl groups excluding tert-OH is 1. The molecule has 1 unspecified atom stereocenters. The number of halogens is 1. The summed E-state index contributed by atoms with van der Waals surface area (Å²) < 4.78 is 18.9. The Morgan fingerprint density at radius 1 is 1.03 bits per heavy atom. The van der Waals surface area contributed by atoms with Crippen LogP contribution in [0.25, 0.3) is 0 Å². The Hall–Kier alpha value is -2.48. The molecule has 30 heavy (non-hydrogen) atoms. The molecule has 1 heterocycles. The minimum Gasteiger partial charge on any atom is -0.488 e. The van der Waals surface area contributed by atoms with E-state index in [1.807, 2.05) is 18.2 Å². The second-order valence-corrected chi connectivity index (χ2v) is 7.56. The molecule has 0 aliphatic carbocycles. The third kappa shape index (κ3) is 7.40. The summed E-state index contributed by atoms with van der Waals surface area (Å²) in [7, 11) is 0. The predicted octanol–water partition coefficient (Wildman–Crippen LogP) is 1.54. The number of piperazine rings is 1. The van der Waals surface area contributed by atoms with Crippen LogP contribution in [0.15, 0.2) is 54.6 Å². The highest BCUT2D eigenvalue weighted by Crippen LogP contribution is 2.15. The fourth-order valence-corrected chi connectivity index (χ4v) is 3.48. The summed E-state index contributed by atoms with van der Waals surface area (Å²) in [5.41, 5.74) is 1.21. The zero-order valence-electron chi connectivity index (χ0n) is 17.2. The summed E-state index contributed by atoms with van der Waals surface area (Å²) in [6, 6.07) is 16.3. The zero-order chi connectivity index (χ0) is 21.2. The van der Waals surface area contributed by atoms with Crippen LogP contribution < -0.4 is 10.1 Å². The van der Waals surface area contributed by atoms with E-state index in [4.69, 9.17) is 4.74 Å². The number of benzene rings is 2. The molecule has 0 aromatic heterocycles. The fourth-order valence-electron chi connectivity index (χ4n) is 3.48.